The van der Waals surface area contributed by atoms with Crippen LogP contribution in [0.3, 0.4) is 0 Å². The molecule has 0 aliphatic rings. The fourth-order valence-corrected chi connectivity index (χ4v) is 0.838. The first-order chi connectivity index (χ1) is 6.19. The molecule has 0 amide bonds. The molecule has 1 N–H and O–H groups in total. The maximum Gasteiger partial charge on any atom is 0.373 e. The van der Waals surface area contributed by atoms with Crippen molar-refractivity contribution in [1.82, 2.24) is 0 Å². The predicted molar refractivity (Wildman–Crippen MR) is 45.2 cm³/mol. The molecule has 4 heteroatoms. The molecule has 70 valence electrons. The van der Waals surface area contributed by atoms with Crippen LogP contribution in [0, 0.1) is 0 Å². The second kappa shape index (κ2) is 3.91. The van der Waals surface area contributed by atoms with Gasteiger partial charge in [0.2, 0.25) is 5.76 Å². The van der Waals surface area contributed by atoms with E-state index in [2.05, 4.69) is 11.3 Å². The Morgan fingerprint density at radius 3 is 3.00 bits per heavy atom. The molecule has 0 aliphatic carbocycles. The van der Waals surface area contributed by atoms with Crippen LogP contribution >= 0.6 is 0 Å². The zero-order valence-corrected chi connectivity index (χ0v) is 7.19. The fraction of sp³-hybridized carbons (Fsp3) is 0.222. The van der Waals surface area contributed by atoms with E-state index in [-0.39, 0.29) is 11.5 Å². The van der Waals surface area contributed by atoms with Crippen molar-refractivity contribution in [3.05, 3.63) is 36.3 Å². The van der Waals surface area contributed by atoms with Gasteiger partial charge in [-0.1, -0.05) is 6.08 Å². The molecule has 0 radical (unpaired) electrons. The van der Waals surface area contributed by atoms with Crippen molar-refractivity contribution in [2.24, 2.45) is 0 Å². The molecule has 0 saturated carbocycles. The molecule has 4 nitrogen and oxygen atoms in total. The fourth-order valence-electron chi connectivity index (χ4n) is 0.838. The first-order valence-electron chi connectivity index (χ1n) is 3.67. The molecule has 0 spiro atoms. The van der Waals surface area contributed by atoms with E-state index in [1.807, 2.05) is 0 Å². The van der Waals surface area contributed by atoms with E-state index in [9.17, 15) is 9.90 Å². The number of rotatable bonds is 3. The van der Waals surface area contributed by atoms with Gasteiger partial charge >= 0.3 is 5.97 Å². The van der Waals surface area contributed by atoms with Crippen LogP contribution in [-0.2, 0) is 4.74 Å². The number of ether oxygens (including phenoxy) is 1. The van der Waals surface area contributed by atoms with Crippen LogP contribution in [0.5, 0.6) is 0 Å². The number of furan rings is 1. The van der Waals surface area contributed by atoms with Gasteiger partial charge in [-0.3, -0.25) is 0 Å². The van der Waals surface area contributed by atoms with Gasteiger partial charge in [-0.15, -0.1) is 6.58 Å². The van der Waals surface area contributed by atoms with Crippen molar-refractivity contribution in [2.75, 3.05) is 7.11 Å². The van der Waals surface area contributed by atoms with E-state index >= 15 is 0 Å². The summed E-state index contributed by atoms with van der Waals surface area (Å²) in [5.74, 6) is -0.226. The number of esters is 1. The van der Waals surface area contributed by atoms with Crippen LogP contribution in [0.1, 0.15) is 22.4 Å². The van der Waals surface area contributed by atoms with Gasteiger partial charge in [0, 0.05) is 0 Å². The van der Waals surface area contributed by atoms with E-state index in [0.29, 0.717) is 0 Å². The van der Waals surface area contributed by atoms with E-state index < -0.39 is 12.1 Å². The molecule has 0 bridgehead atoms. The van der Waals surface area contributed by atoms with Crippen molar-refractivity contribution in [2.45, 2.75) is 6.10 Å². The SMILES string of the molecule is C=CC(O)c1ccc(C(=O)OC)o1. The molecule has 13 heavy (non-hydrogen) atoms. The molecule has 0 aromatic carbocycles. The topological polar surface area (TPSA) is 59.7 Å². The summed E-state index contributed by atoms with van der Waals surface area (Å²) in [7, 11) is 1.26. The lowest BCUT2D eigenvalue weighted by Crippen LogP contribution is -1.98. The Bertz CT molecular complexity index is 313. The van der Waals surface area contributed by atoms with Gasteiger partial charge in [0.1, 0.15) is 11.9 Å². The van der Waals surface area contributed by atoms with Crippen LogP contribution in [-0.4, -0.2) is 18.2 Å². The largest absolute Gasteiger partial charge is 0.463 e. The zero-order chi connectivity index (χ0) is 9.84. The number of hydrogen-bond donors (Lipinski definition) is 1. The second-order valence-electron chi connectivity index (χ2n) is 2.37. The molecule has 1 unspecified atom stereocenters. The number of carbonyl (C=O) groups excluding carboxylic acids is 1. The minimum absolute atomic E-state index is 0.0680. The maximum absolute atomic E-state index is 10.9. The summed E-state index contributed by atoms with van der Waals surface area (Å²) < 4.78 is 9.42. The summed E-state index contributed by atoms with van der Waals surface area (Å²) in [4.78, 5) is 10.9. The average Bonchev–Trinajstić information content (AvgIpc) is 2.64. The van der Waals surface area contributed by atoms with E-state index in [0.717, 1.165) is 0 Å². The number of methoxy groups -OCH3 is 1. The molecule has 1 aromatic rings. The Balaban J connectivity index is 2.86. The third-order valence-corrected chi connectivity index (χ3v) is 1.53. The highest BCUT2D eigenvalue weighted by Gasteiger charge is 2.13. The summed E-state index contributed by atoms with van der Waals surface area (Å²) in [6.07, 6.45) is 0.415. The van der Waals surface area contributed by atoms with Crippen molar-refractivity contribution < 1.29 is 19.1 Å². The van der Waals surface area contributed by atoms with Crippen LogP contribution in [0.2, 0.25) is 0 Å². The molecular weight excluding hydrogens is 172 g/mol. The quantitative estimate of drug-likeness (QED) is 0.565. The van der Waals surface area contributed by atoms with Crippen molar-refractivity contribution in [3.8, 4) is 0 Å². The molecule has 1 atom stereocenters. The highest BCUT2D eigenvalue weighted by atomic mass is 16.5. The third kappa shape index (κ3) is 1.97. The van der Waals surface area contributed by atoms with Gasteiger partial charge < -0.3 is 14.3 Å². The van der Waals surface area contributed by atoms with Crippen LogP contribution in [0.4, 0.5) is 0 Å². The molecule has 0 saturated heterocycles. The molecular formula is C9H10O4. The minimum atomic E-state index is -0.890. The summed E-state index contributed by atoms with van der Waals surface area (Å²) >= 11 is 0. The Morgan fingerprint density at radius 2 is 2.46 bits per heavy atom. The summed E-state index contributed by atoms with van der Waals surface area (Å²) in [6, 6.07) is 2.94. The molecule has 1 rings (SSSR count). The van der Waals surface area contributed by atoms with Crippen LogP contribution in [0.15, 0.2) is 29.2 Å². The monoisotopic (exact) mass is 182 g/mol. The Morgan fingerprint density at radius 1 is 1.77 bits per heavy atom. The Kier molecular flexibility index (Phi) is 2.87. The lowest BCUT2D eigenvalue weighted by Gasteiger charge is -1.98. The highest BCUT2D eigenvalue weighted by molar-refractivity contribution is 5.86. The van der Waals surface area contributed by atoms with E-state index in [1.165, 1.54) is 25.3 Å². The zero-order valence-electron chi connectivity index (χ0n) is 7.19. The van der Waals surface area contributed by atoms with Gasteiger partial charge in [-0.2, -0.15) is 0 Å². The van der Waals surface area contributed by atoms with Gasteiger partial charge in [0.25, 0.3) is 0 Å². The van der Waals surface area contributed by atoms with Gasteiger partial charge in [0.15, 0.2) is 0 Å². The van der Waals surface area contributed by atoms with Gasteiger partial charge in [-0.05, 0) is 12.1 Å². The Labute approximate surface area is 75.4 Å². The van der Waals surface area contributed by atoms with E-state index in [4.69, 9.17) is 4.42 Å². The maximum atomic E-state index is 10.9. The van der Waals surface area contributed by atoms with Gasteiger partial charge in [0.05, 0.1) is 7.11 Å². The van der Waals surface area contributed by atoms with Crippen LogP contribution in [0.25, 0.3) is 0 Å². The highest BCUT2D eigenvalue weighted by Crippen LogP contribution is 2.17. The van der Waals surface area contributed by atoms with Crippen molar-refractivity contribution in [3.63, 3.8) is 0 Å². The summed E-state index contributed by atoms with van der Waals surface area (Å²) in [5, 5.41) is 9.23. The third-order valence-electron chi connectivity index (χ3n) is 1.53. The normalized spacial score (nSPS) is 12.2. The minimum Gasteiger partial charge on any atom is -0.463 e. The molecule has 1 aromatic heterocycles. The predicted octanol–water partition coefficient (Wildman–Crippen LogP) is 1.29. The number of hydrogen-bond acceptors (Lipinski definition) is 4. The van der Waals surface area contributed by atoms with Gasteiger partial charge in [-0.25, -0.2) is 4.79 Å². The molecule has 0 fully saturated rings. The summed E-state index contributed by atoms with van der Waals surface area (Å²) in [6.45, 7) is 3.39. The van der Waals surface area contributed by atoms with Crippen LogP contribution < -0.4 is 0 Å². The first kappa shape index (κ1) is 9.54. The standard InChI is InChI=1S/C9H10O4/c1-3-6(10)7-4-5-8(13-7)9(11)12-2/h3-6,10H,1H2,2H3. The lowest BCUT2D eigenvalue weighted by molar-refractivity contribution is 0.0558. The number of aliphatic hydroxyl groups excluding tert-OH is 1. The first-order valence-corrected chi connectivity index (χ1v) is 3.67. The smallest absolute Gasteiger partial charge is 0.373 e. The molecule has 0 aliphatic heterocycles. The lowest BCUT2D eigenvalue weighted by atomic mass is 10.3. The summed E-state index contributed by atoms with van der Waals surface area (Å²) in [5.41, 5.74) is 0. The number of aliphatic hydroxyl groups is 1. The average molecular weight is 182 g/mol. The number of carbonyl (C=O) groups is 1. The molecule has 1 heterocycles. The second-order valence-corrected chi connectivity index (χ2v) is 2.37. The van der Waals surface area contributed by atoms with E-state index in [1.54, 1.807) is 0 Å². The van der Waals surface area contributed by atoms with Crippen molar-refractivity contribution >= 4 is 5.97 Å². The Hall–Kier alpha value is -1.55. The van der Waals surface area contributed by atoms with Crippen molar-refractivity contribution in [1.29, 1.82) is 0 Å².